The van der Waals surface area contributed by atoms with Crippen LogP contribution in [0.15, 0.2) is 48.8 Å². The number of fused-ring (bicyclic) bond motifs is 1. The van der Waals surface area contributed by atoms with Crippen LogP contribution in [0.5, 0.6) is 0 Å². The first kappa shape index (κ1) is 14.4. The summed E-state index contributed by atoms with van der Waals surface area (Å²) in [5.41, 5.74) is 3.26. The van der Waals surface area contributed by atoms with Gasteiger partial charge in [-0.15, -0.1) is 0 Å². The van der Waals surface area contributed by atoms with E-state index in [9.17, 15) is 5.11 Å². The van der Waals surface area contributed by atoms with Crippen LogP contribution in [-0.2, 0) is 11.3 Å². The first-order valence-electron chi connectivity index (χ1n) is 8.09. The quantitative estimate of drug-likeness (QED) is 0.805. The molecule has 2 aromatic carbocycles. The number of ether oxygens (including phenoxy) is 1. The molecule has 4 nitrogen and oxygen atoms in total. The van der Waals surface area contributed by atoms with E-state index in [-0.39, 0.29) is 6.61 Å². The third-order valence-corrected chi connectivity index (χ3v) is 4.59. The second-order valence-corrected chi connectivity index (χ2v) is 6.11. The second kappa shape index (κ2) is 6.14. The molecule has 0 atom stereocenters. The molecular formula is C19H20N2O2. The number of aromatic nitrogens is 2. The second-order valence-electron chi connectivity index (χ2n) is 6.11. The van der Waals surface area contributed by atoms with Gasteiger partial charge in [0.05, 0.1) is 18.8 Å². The van der Waals surface area contributed by atoms with Crippen molar-refractivity contribution in [3.63, 3.8) is 0 Å². The Labute approximate surface area is 135 Å². The van der Waals surface area contributed by atoms with Crippen LogP contribution in [0.1, 0.15) is 24.4 Å². The Morgan fingerprint density at radius 3 is 2.65 bits per heavy atom. The fourth-order valence-electron chi connectivity index (χ4n) is 3.21. The summed E-state index contributed by atoms with van der Waals surface area (Å²) in [6.45, 7) is 1.72. The van der Waals surface area contributed by atoms with E-state index in [1.54, 1.807) is 0 Å². The molecule has 4 heteroatoms. The molecule has 0 spiro atoms. The monoisotopic (exact) mass is 308 g/mol. The average molecular weight is 308 g/mol. The van der Waals surface area contributed by atoms with Crippen LogP contribution >= 0.6 is 0 Å². The molecule has 118 valence electrons. The van der Waals surface area contributed by atoms with Gasteiger partial charge in [-0.3, -0.25) is 4.68 Å². The highest BCUT2D eigenvalue weighted by Gasteiger charge is 2.16. The maximum absolute atomic E-state index is 9.24. The first-order chi connectivity index (χ1) is 11.3. The zero-order valence-electron chi connectivity index (χ0n) is 13.0. The molecule has 0 saturated carbocycles. The van der Waals surface area contributed by atoms with Gasteiger partial charge in [0.1, 0.15) is 0 Å². The van der Waals surface area contributed by atoms with E-state index in [1.807, 2.05) is 18.3 Å². The van der Waals surface area contributed by atoms with Crippen molar-refractivity contribution in [3.05, 3.63) is 54.4 Å². The van der Waals surface area contributed by atoms with Gasteiger partial charge in [-0.05, 0) is 46.9 Å². The highest BCUT2D eigenvalue weighted by Crippen LogP contribution is 2.27. The van der Waals surface area contributed by atoms with Crippen molar-refractivity contribution in [2.24, 2.45) is 0 Å². The van der Waals surface area contributed by atoms with Gasteiger partial charge >= 0.3 is 0 Å². The number of aliphatic hydroxyl groups is 1. The summed E-state index contributed by atoms with van der Waals surface area (Å²) in [5.74, 6) is 0. The molecule has 4 rings (SSSR count). The average Bonchev–Trinajstić information content (AvgIpc) is 3.11. The minimum atomic E-state index is 0.0789. The number of nitrogens with zero attached hydrogens (tertiary/aromatic N) is 2. The van der Waals surface area contributed by atoms with Crippen LogP contribution in [0.25, 0.3) is 21.9 Å². The maximum atomic E-state index is 9.24. The molecule has 1 aliphatic rings. The SMILES string of the molecule is OCc1ccc2cc(-c3cnn(C4CCOCC4)c3)ccc2c1. The maximum Gasteiger partial charge on any atom is 0.0682 e. The van der Waals surface area contributed by atoms with Gasteiger partial charge in [0.25, 0.3) is 0 Å². The van der Waals surface area contributed by atoms with Crippen molar-refractivity contribution < 1.29 is 9.84 Å². The lowest BCUT2D eigenvalue weighted by Gasteiger charge is -2.22. The Hall–Kier alpha value is -2.17. The minimum Gasteiger partial charge on any atom is -0.392 e. The lowest BCUT2D eigenvalue weighted by atomic mass is 10.0. The zero-order chi connectivity index (χ0) is 15.6. The molecule has 1 saturated heterocycles. The topological polar surface area (TPSA) is 47.3 Å². The lowest BCUT2D eigenvalue weighted by Crippen LogP contribution is -2.19. The van der Waals surface area contributed by atoms with E-state index in [1.165, 1.54) is 10.9 Å². The van der Waals surface area contributed by atoms with Crippen LogP contribution in [0, 0.1) is 0 Å². The first-order valence-corrected chi connectivity index (χ1v) is 8.09. The third-order valence-electron chi connectivity index (χ3n) is 4.59. The van der Waals surface area contributed by atoms with Gasteiger partial charge in [-0.2, -0.15) is 5.10 Å². The number of hydrogen-bond donors (Lipinski definition) is 1. The Bertz CT molecular complexity index is 819. The molecular weight excluding hydrogens is 288 g/mol. The summed E-state index contributed by atoms with van der Waals surface area (Å²) < 4.78 is 7.50. The van der Waals surface area contributed by atoms with Gasteiger partial charge in [0.2, 0.25) is 0 Å². The highest BCUT2D eigenvalue weighted by atomic mass is 16.5. The minimum absolute atomic E-state index is 0.0789. The summed E-state index contributed by atoms with van der Waals surface area (Å²) in [4.78, 5) is 0. The molecule has 0 unspecified atom stereocenters. The van der Waals surface area contributed by atoms with E-state index in [0.29, 0.717) is 6.04 Å². The zero-order valence-corrected chi connectivity index (χ0v) is 13.0. The fraction of sp³-hybridized carbons (Fsp3) is 0.316. The molecule has 23 heavy (non-hydrogen) atoms. The van der Waals surface area contributed by atoms with Gasteiger partial charge in [-0.1, -0.05) is 24.3 Å². The van der Waals surface area contributed by atoms with Gasteiger partial charge in [0.15, 0.2) is 0 Å². The molecule has 1 N–H and O–H groups in total. The molecule has 1 aliphatic heterocycles. The molecule has 3 aromatic rings. The number of rotatable bonds is 3. The lowest BCUT2D eigenvalue weighted by molar-refractivity contribution is 0.0662. The normalized spacial score (nSPS) is 16.0. The summed E-state index contributed by atoms with van der Waals surface area (Å²) in [6, 6.07) is 12.9. The van der Waals surface area contributed by atoms with E-state index in [2.05, 4.69) is 40.2 Å². The van der Waals surface area contributed by atoms with Crippen LogP contribution in [0.2, 0.25) is 0 Å². The van der Waals surface area contributed by atoms with Crippen molar-refractivity contribution in [1.29, 1.82) is 0 Å². The molecule has 0 aliphatic carbocycles. The predicted molar refractivity (Wildman–Crippen MR) is 90.2 cm³/mol. The summed E-state index contributed by atoms with van der Waals surface area (Å²) in [6.07, 6.45) is 6.14. The van der Waals surface area contributed by atoms with E-state index < -0.39 is 0 Å². The highest BCUT2D eigenvalue weighted by molar-refractivity contribution is 5.87. The molecule has 2 heterocycles. The number of benzene rings is 2. The van der Waals surface area contributed by atoms with Crippen molar-refractivity contribution in [3.8, 4) is 11.1 Å². The van der Waals surface area contributed by atoms with Gasteiger partial charge in [0, 0.05) is 25.0 Å². The third kappa shape index (κ3) is 2.87. The molecule has 0 bridgehead atoms. The summed E-state index contributed by atoms with van der Waals surface area (Å²) in [7, 11) is 0. The standard InChI is InChI=1S/C19H20N2O2/c22-13-14-1-2-16-10-17(4-3-15(16)9-14)18-11-20-21(12-18)19-5-7-23-8-6-19/h1-4,9-12,19,22H,5-8,13H2. The molecule has 0 amide bonds. The van der Waals surface area contributed by atoms with Crippen LogP contribution in [0.4, 0.5) is 0 Å². The molecule has 0 radical (unpaired) electrons. The number of hydrogen-bond acceptors (Lipinski definition) is 3. The van der Waals surface area contributed by atoms with Crippen LogP contribution in [0.3, 0.4) is 0 Å². The van der Waals surface area contributed by atoms with E-state index in [4.69, 9.17) is 4.74 Å². The van der Waals surface area contributed by atoms with Gasteiger partial charge < -0.3 is 9.84 Å². The summed E-state index contributed by atoms with van der Waals surface area (Å²) in [5, 5.41) is 16.1. The Morgan fingerprint density at radius 1 is 1.04 bits per heavy atom. The Kier molecular flexibility index (Phi) is 3.85. The Balaban J connectivity index is 1.64. The summed E-state index contributed by atoms with van der Waals surface area (Å²) >= 11 is 0. The van der Waals surface area contributed by atoms with Crippen molar-refractivity contribution in [1.82, 2.24) is 9.78 Å². The van der Waals surface area contributed by atoms with Gasteiger partial charge in [-0.25, -0.2) is 0 Å². The van der Waals surface area contributed by atoms with Crippen molar-refractivity contribution in [2.75, 3.05) is 13.2 Å². The van der Waals surface area contributed by atoms with E-state index in [0.717, 1.165) is 42.6 Å². The van der Waals surface area contributed by atoms with Crippen LogP contribution < -0.4 is 0 Å². The van der Waals surface area contributed by atoms with Crippen LogP contribution in [-0.4, -0.2) is 28.1 Å². The van der Waals surface area contributed by atoms with Crippen molar-refractivity contribution >= 4 is 10.8 Å². The smallest absolute Gasteiger partial charge is 0.0682 e. The largest absolute Gasteiger partial charge is 0.392 e. The number of aliphatic hydroxyl groups excluding tert-OH is 1. The molecule has 1 fully saturated rings. The van der Waals surface area contributed by atoms with E-state index >= 15 is 0 Å². The Morgan fingerprint density at radius 2 is 1.83 bits per heavy atom. The fourth-order valence-corrected chi connectivity index (χ4v) is 3.21. The predicted octanol–water partition coefficient (Wildman–Crippen LogP) is 3.55. The molecule has 1 aromatic heterocycles. The van der Waals surface area contributed by atoms with Crippen molar-refractivity contribution in [2.45, 2.75) is 25.5 Å².